The van der Waals surface area contributed by atoms with Crippen LogP contribution in [0.1, 0.15) is 26.7 Å². The first-order valence-electron chi connectivity index (χ1n) is 4.56. The van der Waals surface area contributed by atoms with E-state index in [1.165, 1.54) is 0 Å². The highest BCUT2D eigenvalue weighted by Gasteiger charge is 2.40. The van der Waals surface area contributed by atoms with Gasteiger partial charge in [-0.05, 0) is 19.8 Å². The van der Waals surface area contributed by atoms with Crippen molar-refractivity contribution in [2.75, 3.05) is 13.7 Å². The third kappa shape index (κ3) is 1.63. The molecule has 0 aromatic carbocycles. The van der Waals surface area contributed by atoms with Crippen molar-refractivity contribution in [2.45, 2.75) is 44.4 Å². The maximum atomic E-state index is 5.91. The average Bonchev–Trinajstić information content (AvgIpc) is 2.51. The first-order chi connectivity index (χ1) is 5.64. The summed E-state index contributed by atoms with van der Waals surface area (Å²) in [5.74, 6) is 0. The van der Waals surface area contributed by atoms with Crippen LogP contribution in [0.3, 0.4) is 0 Å². The lowest BCUT2D eigenvalue weighted by Crippen LogP contribution is -2.49. The standard InChI is InChI=1S/C9H19NO2/c1-4-9(2,11-3)8-7(10)5-6-12-8/h7-8H,4-6,10H2,1-3H3. The lowest BCUT2D eigenvalue weighted by atomic mass is 9.91. The first kappa shape index (κ1) is 9.96. The van der Waals surface area contributed by atoms with Crippen molar-refractivity contribution >= 4 is 0 Å². The van der Waals surface area contributed by atoms with E-state index in [0.717, 1.165) is 19.4 Å². The van der Waals surface area contributed by atoms with Crippen LogP contribution in [0.4, 0.5) is 0 Å². The van der Waals surface area contributed by atoms with Gasteiger partial charge in [-0.25, -0.2) is 0 Å². The second-order valence-electron chi connectivity index (χ2n) is 3.61. The van der Waals surface area contributed by atoms with Crippen LogP contribution in [0.5, 0.6) is 0 Å². The minimum Gasteiger partial charge on any atom is -0.376 e. The molecule has 0 saturated carbocycles. The molecular weight excluding hydrogens is 154 g/mol. The summed E-state index contributed by atoms with van der Waals surface area (Å²) in [6, 6.07) is 0.134. The zero-order valence-corrected chi connectivity index (χ0v) is 8.17. The van der Waals surface area contributed by atoms with E-state index < -0.39 is 0 Å². The summed E-state index contributed by atoms with van der Waals surface area (Å²) < 4.78 is 11.0. The molecule has 0 aromatic heterocycles. The van der Waals surface area contributed by atoms with E-state index in [1.807, 2.05) is 0 Å². The van der Waals surface area contributed by atoms with Gasteiger partial charge in [-0.2, -0.15) is 0 Å². The molecule has 3 atom stereocenters. The Morgan fingerprint density at radius 1 is 1.67 bits per heavy atom. The zero-order chi connectivity index (χ0) is 9.19. The highest BCUT2D eigenvalue weighted by atomic mass is 16.5. The normalized spacial score (nSPS) is 35.0. The maximum absolute atomic E-state index is 5.91. The summed E-state index contributed by atoms with van der Waals surface area (Å²) in [6.45, 7) is 4.92. The number of rotatable bonds is 3. The molecule has 72 valence electrons. The van der Waals surface area contributed by atoms with Gasteiger partial charge in [0.2, 0.25) is 0 Å². The minimum absolute atomic E-state index is 0.0625. The van der Waals surface area contributed by atoms with Crippen LogP contribution in [0.2, 0.25) is 0 Å². The van der Waals surface area contributed by atoms with Gasteiger partial charge in [-0.1, -0.05) is 6.92 Å². The molecule has 1 aliphatic rings. The third-order valence-electron chi connectivity index (χ3n) is 2.91. The van der Waals surface area contributed by atoms with Gasteiger partial charge in [0, 0.05) is 19.8 Å². The molecule has 1 rings (SSSR count). The Kier molecular flexibility index (Phi) is 3.09. The van der Waals surface area contributed by atoms with Crippen molar-refractivity contribution < 1.29 is 9.47 Å². The number of nitrogens with two attached hydrogens (primary N) is 1. The Bertz CT molecular complexity index is 145. The fourth-order valence-corrected chi connectivity index (χ4v) is 1.70. The highest BCUT2D eigenvalue weighted by Crippen LogP contribution is 2.28. The topological polar surface area (TPSA) is 44.5 Å². The van der Waals surface area contributed by atoms with Gasteiger partial charge in [-0.15, -0.1) is 0 Å². The van der Waals surface area contributed by atoms with Crippen LogP contribution in [-0.2, 0) is 9.47 Å². The van der Waals surface area contributed by atoms with Crippen molar-refractivity contribution in [2.24, 2.45) is 5.73 Å². The Morgan fingerprint density at radius 3 is 2.67 bits per heavy atom. The fraction of sp³-hybridized carbons (Fsp3) is 1.00. The van der Waals surface area contributed by atoms with Crippen LogP contribution < -0.4 is 5.73 Å². The van der Waals surface area contributed by atoms with Crippen LogP contribution in [0.15, 0.2) is 0 Å². The molecule has 1 fully saturated rings. The molecule has 0 aromatic rings. The van der Waals surface area contributed by atoms with Crippen LogP contribution in [0, 0.1) is 0 Å². The van der Waals surface area contributed by atoms with Gasteiger partial charge in [-0.3, -0.25) is 0 Å². The molecule has 0 amide bonds. The second kappa shape index (κ2) is 3.73. The predicted molar refractivity (Wildman–Crippen MR) is 48.0 cm³/mol. The second-order valence-corrected chi connectivity index (χ2v) is 3.61. The number of ether oxygens (including phenoxy) is 2. The molecule has 1 aliphatic heterocycles. The van der Waals surface area contributed by atoms with Gasteiger partial charge in [0.05, 0.1) is 5.60 Å². The summed E-state index contributed by atoms with van der Waals surface area (Å²) in [6.07, 6.45) is 1.94. The van der Waals surface area contributed by atoms with E-state index in [2.05, 4.69) is 13.8 Å². The molecule has 0 bridgehead atoms. The lowest BCUT2D eigenvalue weighted by molar-refractivity contribution is -0.104. The van der Waals surface area contributed by atoms with Crippen molar-refractivity contribution in [3.05, 3.63) is 0 Å². The number of hydrogen-bond donors (Lipinski definition) is 1. The molecule has 3 unspecified atom stereocenters. The summed E-state index contributed by atoms with van der Waals surface area (Å²) in [5, 5.41) is 0. The van der Waals surface area contributed by atoms with Gasteiger partial charge in [0.1, 0.15) is 6.10 Å². The Morgan fingerprint density at radius 2 is 2.33 bits per heavy atom. The predicted octanol–water partition coefficient (Wildman–Crippen LogP) is 0.918. The van der Waals surface area contributed by atoms with Crippen molar-refractivity contribution in [3.8, 4) is 0 Å². The van der Waals surface area contributed by atoms with E-state index >= 15 is 0 Å². The lowest BCUT2D eigenvalue weighted by Gasteiger charge is -2.34. The Balaban J connectivity index is 2.64. The molecule has 12 heavy (non-hydrogen) atoms. The molecule has 0 aliphatic carbocycles. The monoisotopic (exact) mass is 173 g/mol. The maximum Gasteiger partial charge on any atom is 0.101 e. The van der Waals surface area contributed by atoms with E-state index in [9.17, 15) is 0 Å². The number of methoxy groups -OCH3 is 1. The van der Waals surface area contributed by atoms with Crippen LogP contribution >= 0.6 is 0 Å². The molecule has 1 heterocycles. The molecule has 1 saturated heterocycles. The molecule has 3 nitrogen and oxygen atoms in total. The zero-order valence-electron chi connectivity index (χ0n) is 8.17. The van der Waals surface area contributed by atoms with E-state index in [4.69, 9.17) is 15.2 Å². The molecular formula is C9H19NO2. The minimum atomic E-state index is -0.212. The van der Waals surface area contributed by atoms with Gasteiger partial charge in [0.15, 0.2) is 0 Å². The van der Waals surface area contributed by atoms with E-state index in [1.54, 1.807) is 7.11 Å². The van der Waals surface area contributed by atoms with Crippen molar-refractivity contribution in [1.82, 2.24) is 0 Å². The first-order valence-corrected chi connectivity index (χ1v) is 4.56. The van der Waals surface area contributed by atoms with Gasteiger partial charge < -0.3 is 15.2 Å². The van der Waals surface area contributed by atoms with Gasteiger partial charge in [0.25, 0.3) is 0 Å². The van der Waals surface area contributed by atoms with Gasteiger partial charge >= 0.3 is 0 Å². The van der Waals surface area contributed by atoms with Crippen molar-refractivity contribution in [3.63, 3.8) is 0 Å². The quantitative estimate of drug-likeness (QED) is 0.690. The van der Waals surface area contributed by atoms with E-state index in [-0.39, 0.29) is 17.7 Å². The van der Waals surface area contributed by atoms with Crippen LogP contribution in [-0.4, -0.2) is 31.5 Å². The number of hydrogen-bond acceptors (Lipinski definition) is 3. The third-order valence-corrected chi connectivity index (χ3v) is 2.91. The Labute approximate surface area is 74.2 Å². The smallest absolute Gasteiger partial charge is 0.101 e. The summed E-state index contributed by atoms with van der Waals surface area (Å²) in [7, 11) is 1.72. The van der Waals surface area contributed by atoms with Crippen molar-refractivity contribution in [1.29, 1.82) is 0 Å². The highest BCUT2D eigenvalue weighted by molar-refractivity contribution is 4.93. The van der Waals surface area contributed by atoms with Crippen LogP contribution in [0.25, 0.3) is 0 Å². The largest absolute Gasteiger partial charge is 0.376 e. The molecule has 0 spiro atoms. The summed E-state index contributed by atoms with van der Waals surface area (Å²) >= 11 is 0. The Hall–Kier alpha value is -0.120. The van der Waals surface area contributed by atoms with E-state index in [0.29, 0.717) is 0 Å². The molecule has 3 heteroatoms. The average molecular weight is 173 g/mol. The summed E-state index contributed by atoms with van der Waals surface area (Å²) in [5.41, 5.74) is 5.70. The SMILES string of the molecule is CCC(C)(OC)C1OCCC1N. The summed E-state index contributed by atoms with van der Waals surface area (Å²) in [4.78, 5) is 0. The molecule has 0 radical (unpaired) electrons. The fourth-order valence-electron chi connectivity index (χ4n) is 1.70. The molecule has 2 N–H and O–H groups in total.